The van der Waals surface area contributed by atoms with Crippen LogP contribution in [0.1, 0.15) is 15.9 Å². The third-order valence-corrected chi connectivity index (χ3v) is 2.85. The van der Waals surface area contributed by atoms with E-state index in [4.69, 9.17) is 16.7 Å². The highest BCUT2D eigenvalue weighted by Gasteiger charge is 2.31. The number of anilines is 2. The predicted octanol–water partition coefficient (Wildman–Crippen LogP) is 4.20. The number of aromatic carboxylic acids is 1. The molecule has 21 heavy (non-hydrogen) atoms. The van der Waals surface area contributed by atoms with Gasteiger partial charge in [0.15, 0.2) is 0 Å². The number of nitrogens with zero attached hydrogens (tertiary/aromatic N) is 1. The van der Waals surface area contributed by atoms with Crippen LogP contribution >= 0.6 is 11.6 Å². The Labute approximate surface area is 122 Å². The van der Waals surface area contributed by atoms with E-state index in [1.54, 1.807) is 0 Å². The number of pyridine rings is 1. The standard InChI is InChI=1S/C13H8ClF3N2O2/c14-10-5-8(13(15,16)17)6-18-11(10)19-9-3-1-7(2-4-9)12(20)21/h1-6H,(H,18,19)(H,20,21). The monoisotopic (exact) mass is 316 g/mol. The van der Waals surface area contributed by atoms with Gasteiger partial charge in [-0.05, 0) is 30.3 Å². The summed E-state index contributed by atoms with van der Waals surface area (Å²) in [5, 5.41) is 11.3. The molecule has 0 saturated carbocycles. The number of rotatable bonds is 3. The van der Waals surface area contributed by atoms with E-state index >= 15 is 0 Å². The molecular weight excluding hydrogens is 309 g/mol. The fraction of sp³-hybridized carbons (Fsp3) is 0.0769. The first-order valence-corrected chi connectivity index (χ1v) is 5.98. The van der Waals surface area contributed by atoms with E-state index in [1.807, 2.05) is 0 Å². The molecule has 0 bridgehead atoms. The summed E-state index contributed by atoms with van der Waals surface area (Å²) >= 11 is 5.75. The summed E-state index contributed by atoms with van der Waals surface area (Å²) in [5.41, 5.74) is -0.402. The lowest BCUT2D eigenvalue weighted by Crippen LogP contribution is -2.06. The van der Waals surface area contributed by atoms with Crippen LogP contribution in [0.3, 0.4) is 0 Å². The molecule has 0 unspecified atom stereocenters. The molecular formula is C13H8ClF3N2O2. The van der Waals surface area contributed by atoms with Crippen molar-refractivity contribution in [3.8, 4) is 0 Å². The van der Waals surface area contributed by atoms with E-state index < -0.39 is 17.7 Å². The van der Waals surface area contributed by atoms with Crippen molar-refractivity contribution >= 4 is 29.1 Å². The molecule has 1 aromatic heterocycles. The second-order valence-electron chi connectivity index (χ2n) is 4.06. The van der Waals surface area contributed by atoms with Gasteiger partial charge in [-0.15, -0.1) is 0 Å². The topological polar surface area (TPSA) is 62.2 Å². The first-order chi connectivity index (χ1) is 9.77. The van der Waals surface area contributed by atoms with Crippen molar-refractivity contribution in [2.24, 2.45) is 0 Å². The molecule has 0 fully saturated rings. The van der Waals surface area contributed by atoms with Gasteiger partial charge in [0.05, 0.1) is 16.1 Å². The highest BCUT2D eigenvalue weighted by molar-refractivity contribution is 6.33. The van der Waals surface area contributed by atoms with Crippen LogP contribution in [0, 0.1) is 0 Å². The van der Waals surface area contributed by atoms with Gasteiger partial charge in [-0.3, -0.25) is 0 Å². The van der Waals surface area contributed by atoms with Gasteiger partial charge in [0, 0.05) is 11.9 Å². The van der Waals surface area contributed by atoms with Crippen LogP contribution in [0.2, 0.25) is 5.02 Å². The average molecular weight is 317 g/mol. The number of aromatic nitrogens is 1. The molecule has 2 rings (SSSR count). The van der Waals surface area contributed by atoms with Crippen molar-refractivity contribution in [3.05, 3.63) is 52.7 Å². The second kappa shape index (κ2) is 5.61. The molecule has 0 spiro atoms. The Morgan fingerprint density at radius 3 is 2.33 bits per heavy atom. The third-order valence-electron chi connectivity index (χ3n) is 2.56. The Kier molecular flexibility index (Phi) is 4.04. The molecule has 0 saturated heterocycles. The van der Waals surface area contributed by atoms with Crippen LogP contribution in [0.4, 0.5) is 24.7 Å². The maximum absolute atomic E-state index is 12.5. The van der Waals surface area contributed by atoms with Crippen LogP contribution < -0.4 is 5.32 Å². The quantitative estimate of drug-likeness (QED) is 0.891. The van der Waals surface area contributed by atoms with Crippen LogP contribution in [-0.4, -0.2) is 16.1 Å². The third kappa shape index (κ3) is 3.63. The number of halogens is 4. The molecule has 0 amide bonds. The van der Waals surface area contributed by atoms with Gasteiger partial charge in [0.1, 0.15) is 5.82 Å². The van der Waals surface area contributed by atoms with Crippen molar-refractivity contribution in [2.75, 3.05) is 5.32 Å². The lowest BCUT2D eigenvalue weighted by Gasteiger charge is -2.10. The number of carboxylic acid groups (broad SMARTS) is 1. The van der Waals surface area contributed by atoms with Crippen LogP contribution in [0.5, 0.6) is 0 Å². The Hall–Kier alpha value is -2.28. The summed E-state index contributed by atoms with van der Waals surface area (Å²) in [6.45, 7) is 0. The fourth-order valence-electron chi connectivity index (χ4n) is 1.52. The molecule has 2 aromatic rings. The van der Waals surface area contributed by atoms with Gasteiger partial charge in [0.25, 0.3) is 0 Å². The van der Waals surface area contributed by atoms with Gasteiger partial charge < -0.3 is 10.4 Å². The summed E-state index contributed by atoms with van der Waals surface area (Å²) in [4.78, 5) is 14.3. The van der Waals surface area contributed by atoms with E-state index in [2.05, 4.69) is 10.3 Å². The number of hydrogen-bond donors (Lipinski definition) is 2. The van der Waals surface area contributed by atoms with Gasteiger partial charge in [0.2, 0.25) is 0 Å². The largest absolute Gasteiger partial charge is 0.478 e. The van der Waals surface area contributed by atoms with Gasteiger partial charge in [-0.25, -0.2) is 9.78 Å². The van der Waals surface area contributed by atoms with Crippen LogP contribution in [0.15, 0.2) is 36.5 Å². The average Bonchev–Trinajstić information content (AvgIpc) is 2.40. The SMILES string of the molecule is O=C(O)c1ccc(Nc2ncc(C(F)(F)F)cc2Cl)cc1. The fourth-order valence-corrected chi connectivity index (χ4v) is 1.73. The number of hydrogen-bond acceptors (Lipinski definition) is 3. The number of alkyl halides is 3. The summed E-state index contributed by atoms with van der Waals surface area (Å²) in [7, 11) is 0. The summed E-state index contributed by atoms with van der Waals surface area (Å²) < 4.78 is 37.4. The first-order valence-electron chi connectivity index (χ1n) is 5.60. The first kappa shape index (κ1) is 15.1. The molecule has 0 atom stereocenters. The summed E-state index contributed by atoms with van der Waals surface area (Å²) in [5.74, 6) is -1.03. The maximum Gasteiger partial charge on any atom is 0.417 e. The van der Waals surface area contributed by atoms with Crippen molar-refractivity contribution in [1.82, 2.24) is 4.98 Å². The molecule has 0 aliphatic heterocycles. The number of benzene rings is 1. The molecule has 4 nitrogen and oxygen atoms in total. The highest BCUT2D eigenvalue weighted by Crippen LogP contribution is 2.33. The van der Waals surface area contributed by atoms with E-state index in [0.717, 1.165) is 6.07 Å². The van der Waals surface area contributed by atoms with E-state index in [9.17, 15) is 18.0 Å². The van der Waals surface area contributed by atoms with E-state index in [0.29, 0.717) is 11.9 Å². The minimum atomic E-state index is -4.52. The second-order valence-corrected chi connectivity index (χ2v) is 4.47. The van der Waals surface area contributed by atoms with Gasteiger partial charge in [-0.1, -0.05) is 11.6 Å². The minimum absolute atomic E-state index is 0.0488. The maximum atomic E-state index is 12.5. The summed E-state index contributed by atoms with van der Waals surface area (Å²) in [6.07, 6.45) is -3.85. The Morgan fingerprint density at radius 2 is 1.86 bits per heavy atom. The Bertz CT molecular complexity index is 672. The van der Waals surface area contributed by atoms with Crippen LogP contribution in [-0.2, 0) is 6.18 Å². The molecule has 1 aromatic carbocycles. The highest BCUT2D eigenvalue weighted by atomic mass is 35.5. The zero-order valence-electron chi connectivity index (χ0n) is 10.3. The minimum Gasteiger partial charge on any atom is -0.478 e. The number of carboxylic acids is 1. The Morgan fingerprint density at radius 1 is 1.24 bits per heavy atom. The summed E-state index contributed by atoms with van der Waals surface area (Å²) in [6, 6.07) is 6.38. The van der Waals surface area contributed by atoms with Crippen LogP contribution in [0.25, 0.3) is 0 Å². The molecule has 8 heteroatoms. The lowest BCUT2D eigenvalue weighted by atomic mass is 10.2. The Balaban J connectivity index is 2.22. The molecule has 0 aliphatic rings. The number of nitrogens with one attached hydrogen (secondary N) is 1. The van der Waals surface area contributed by atoms with Crippen molar-refractivity contribution in [1.29, 1.82) is 0 Å². The van der Waals surface area contributed by atoms with Gasteiger partial charge in [-0.2, -0.15) is 13.2 Å². The van der Waals surface area contributed by atoms with Crippen molar-refractivity contribution in [2.45, 2.75) is 6.18 Å². The normalized spacial score (nSPS) is 11.2. The molecule has 0 aliphatic carbocycles. The zero-order valence-corrected chi connectivity index (χ0v) is 11.0. The van der Waals surface area contributed by atoms with E-state index in [-0.39, 0.29) is 16.4 Å². The lowest BCUT2D eigenvalue weighted by molar-refractivity contribution is -0.137. The zero-order chi connectivity index (χ0) is 15.6. The van der Waals surface area contributed by atoms with Gasteiger partial charge >= 0.3 is 12.1 Å². The molecule has 2 N–H and O–H groups in total. The number of carbonyl (C=O) groups is 1. The molecule has 1 heterocycles. The molecule has 0 radical (unpaired) electrons. The van der Waals surface area contributed by atoms with E-state index in [1.165, 1.54) is 24.3 Å². The smallest absolute Gasteiger partial charge is 0.417 e. The van der Waals surface area contributed by atoms with Crippen molar-refractivity contribution in [3.63, 3.8) is 0 Å². The van der Waals surface area contributed by atoms with Crippen molar-refractivity contribution < 1.29 is 23.1 Å². The predicted molar refractivity (Wildman–Crippen MR) is 70.9 cm³/mol. The molecule has 110 valence electrons.